The van der Waals surface area contributed by atoms with Gasteiger partial charge in [-0.2, -0.15) is 5.10 Å². The summed E-state index contributed by atoms with van der Waals surface area (Å²) in [7, 11) is 1.65. The zero-order valence-corrected chi connectivity index (χ0v) is 17.2. The van der Waals surface area contributed by atoms with Gasteiger partial charge in [0.15, 0.2) is 5.78 Å². The highest BCUT2D eigenvalue weighted by Crippen LogP contribution is 2.47. The molecule has 152 valence electrons. The third-order valence-corrected chi connectivity index (χ3v) is 6.14. The van der Waals surface area contributed by atoms with E-state index in [1.165, 1.54) is 0 Å². The minimum atomic E-state index is -0.508. The normalized spacial score (nSPS) is 20.4. The number of carbonyl (C=O) groups excluding carboxylic acids is 2. The Labute approximate surface area is 167 Å². The van der Waals surface area contributed by atoms with Crippen LogP contribution in [0.4, 0.5) is 11.4 Å². The Morgan fingerprint density at radius 1 is 1.14 bits per heavy atom. The number of nitrogens with zero attached hydrogens (tertiary/aromatic N) is 2. The van der Waals surface area contributed by atoms with Gasteiger partial charge in [-0.1, -0.05) is 20.3 Å². The molecule has 1 aliphatic carbocycles. The first-order valence-electron chi connectivity index (χ1n) is 10.4. The van der Waals surface area contributed by atoms with E-state index < -0.39 is 5.41 Å². The number of hydrogen-bond acceptors (Lipinski definition) is 5. The lowest BCUT2D eigenvalue weighted by molar-refractivity contribution is -0.123. The van der Waals surface area contributed by atoms with Crippen LogP contribution >= 0.6 is 0 Å². The molecule has 28 heavy (non-hydrogen) atoms. The monoisotopic (exact) mass is 385 g/mol. The van der Waals surface area contributed by atoms with Crippen LogP contribution in [0.1, 0.15) is 64.4 Å². The molecule has 1 aromatic rings. The van der Waals surface area contributed by atoms with Crippen molar-refractivity contribution in [3.05, 3.63) is 23.8 Å². The topological polar surface area (TPSA) is 71.0 Å². The van der Waals surface area contributed by atoms with E-state index in [2.05, 4.69) is 24.4 Å². The molecule has 0 unspecified atom stereocenters. The summed E-state index contributed by atoms with van der Waals surface area (Å²) >= 11 is 0. The van der Waals surface area contributed by atoms with E-state index >= 15 is 0 Å². The molecule has 0 radical (unpaired) electrons. The van der Waals surface area contributed by atoms with Crippen molar-refractivity contribution in [3.8, 4) is 0 Å². The maximum absolute atomic E-state index is 13.2. The molecule has 0 bridgehead atoms. The highest BCUT2D eigenvalue weighted by atomic mass is 16.5. The second-order valence-electron chi connectivity index (χ2n) is 7.62. The van der Waals surface area contributed by atoms with Crippen LogP contribution in [0.15, 0.2) is 23.3 Å². The van der Waals surface area contributed by atoms with Gasteiger partial charge in [0.05, 0.1) is 17.7 Å². The number of hydrazone groups is 1. The molecule has 2 aliphatic rings. The van der Waals surface area contributed by atoms with Crippen LogP contribution in [-0.4, -0.2) is 37.7 Å². The summed E-state index contributed by atoms with van der Waals surface area (Å²) in [6, 6.07) is 5.93. The van der Waals surface area contributed by atoms with Crippen LogP contribution < -0.4 is 10.3 Å². The number of amides is 1. The molecule has 1 aliphatic heterocycles. The van der Waals surface area contributed by atoms with Gasteiger partial charge in [-0.15, -0.1) is 0 Å². The zero-order valence-electron chi connectivity index (χ0n) is 17.2. The summed E-state index contributed by atoms with van der Waals surface area (Å²) in [5.74, 6) is 0.288. The number of ether oxygens (including phenoxy) is 1. The SMILES string of the molecule is CCC1(CC)C(=O)N(CCOC)c2ccc(N/N=C3\CCCCCC3=O)cc21. The number of rotatable bonds is 7. The van der Waals surface area contributed by atoms with Crippen LogP contribution in [0.25, 0.3) is 0 Å². The zero-order chi connectivity index (χ0) is 20.1. The van der Waals surface area contributed by atoms with E-state index in [-0.39, 0.29) is 11.7 Å². The summed E-state index contributed by atoms with van der Waals surface area (Å²) < 4.78 is 5.20. The number of nitrogens with one attached hydrogen (secondary N) is 1. The Hall–Kier alpha value is -2.21. The third kappa shape index (κ3) is 3.70. The van der Waals surface area contributed by atoms with Gasteiger partial charge in [0, 0.05) is 25.8 Å². The average Bonchev–Trinajstić information content (AvgIpc) is 2.81. The highest BCUT2D eigenvalue weighted by Gasteiger charge is 2.48. The molecule has 1 heterocycles. The number of fused-ring (bicyclic) bond motifs is 1. The van der Waals surface area contributed by atoms with Crippen LogP contribution in [0.2, 0.25) is 0 Å². The first-order chi connectivity index (χ1) is 13.6. The van der Waals surface area contributed by atoms with Gasteiger partial charge in [-0.05, 0) is 55.9 Å². The molecule has 1 fully saturated rings. The molecule has 3 rings (SSSR count). The maximum Gasteiger partial charge on any atom is 0.237 e. The van der Waals surface area contributed by atoms with Crippen LogP contribution in [0.5, 0.6) is 0 Å². The summed E-state index contributed by atoms with van der Waals surface area (Å²) in [5, 5.41) is 4.41. The Morgan fingerprint density at radius 2 is 1.89 bits per heavy atom. The molecular formula is C22H31N3O3. The van der Waals surface area contributed by atoms with Gasteiger partial charge in [-0.25, -0.2) is 0 Å². The molecule has 0 aromatic heterocycles. The predicted molar refractivity (Wildman–Crippen MR) is 112 cm³/mol. The first kappa shape index (κ1) is 20.5. The standard InChI is InChI=1S/C22H31N3O3/c1-4-22(5-2)17-15-16(23-24-18-9-7-6-8-10-20(18)26)11-12-19(17)25(21(22)27)13-14-28-3/h11-12,15,23H,4-10,13-14H2,1-3H3/b24-18+. The Morgan fingerprint density at radius 3 is 2.61 bits per heavy atom. The van der Waals surface area contributed by atoms with E-state index in [1.54, 1.807) is 7.11 Å². The van der Waals surface area contributed by atoms with E-state index in [1.807, 2.05) is 23.1 Å². The molecule has 1 amide bonds. The van der Waals surface area contributed by atoms with Crippen molar-refractivity contribution in [2.24, 2.45) is 5.10 Å². The van der Waals surface area contributed by atoms with Crippen molar-refractivity contribution in [3.63, 3.8) is 0 Å². The molecule has 6 nitrogen and oxygen atoms in total. The van der Waals surface area contributed by atoms with E-state index in [4.69, 9.17) is 4.74 Å². The summed E-state index contributed by atoms with van der Waals surface area (Å²) in [5.41, 5.74) is 6.01. The van der Waals surface area contributed by atoms with Crippen LogP contribution in [0, 0.1) is 0 Å². The second kappa shape index (κ2) is 8.86. The Kier molecular flexibility index (Phi) is 6.50. The molecule has 1 saturated carbocycles. The number of Topliss-reactive ketones (excluding diaryl/α,β-unsaturated/α-hetero) is 1. The lowest BCUT2D eigenvalue weighted by Crippen LogP contribution is -2.40. The molecule has 1 N–H and O–H groups in total. The number of ketones is 1. The van der Waals surface area contributed by atoms with Crippen molar-refractivity contribution in [1.82, 2.24) is 0 Å². The van der Waals surface area contributed by atoms with Gasteiger partial charge in [0.25, 0.3) is 0 Å². The second-order valence-corrected chi connectivity index (χ2v) is 7.62. The van der Waals surface area contributed by atoms with Gasteiger partial charge in [0.2, 0.25) is 5.91 Å². The van der Waals surface area contributed by atoms with Gasteiger partial charge in [-0.3, -0.25) is 15.0 Å². The fourth-order valence-corrected chi connectivity index (χ4v) is 4.33. The van der Waals surface area contributed by atoms with Gasteiger partial charge in [0.1, 0.15) is 5.71 Å². The van der Waals surface area contributed by atoms with Crippen molar-refractivity contribution in [2.75, 3.05) is 30.6 Å². The number of hydrogen-bond donors (Lipinski definition) is 1. The van der Waals surface area contributed by atoms with Crippen molar-refractivity contribution in [1.29, 1.82) is 0 Å². The molecular weight excluding hydrogens is 354 g/mol. The van der Waals surface area contributed by atoms with Crippen molar-refractivity contribution in [2.45, 2.75) is 64.2 Å². The predicted octanol–water partition coefficient (Wildman–Crippen LogP) is 4.04. The Balaban J connectivity index is 1.90. The number of anilines is 2. The van der Waals surface area contributed by atoms with E-state index in [9.17, 15) is 9.59 Å². The molecule has 6 heteroatoms. The fraction of sp³-hybridized carbons (Fsp3) is 0.591. The van der Waals surface area contributed by atoms with E-state index in [0.717, 1.165) is 55.5 Å². The van der Waals surface area contributed by atoms with E-state index in [0.29, 0.717) is 25.3 Å². The smallest absolute Gasteiger partial charge is 0.237 e. The Bertz CT molecular complexity index is 768. The number of benzene rings is 1. The number of methoxy groups -OCH3 is 1. The van der Waals surface area contributed by atoms with Crippen molar-refractivity contribution < 1.29 is 14.3 Å². The molecule has 1 aromatic carbocycles. The summed E-state index contributed by atoms with van der Waals surface area (Å²) in [6.45, 7) is 5.18. The average molecular weight is 386 g/mol. The first-order valence-corrected chi connectivity index (χ1v) is 10.4. The van der Waals surface area contributed by atoms with Gasteiger partial charge >= 0.3 is 0 Å². The molecule has 0 atom stereocenters. The fourth-order valence-electron chi connectivity index (χ4n) is 4.33. The lowest BCUT2D eigenvalue weighted by atomic mass is 9.77. The van der Waals surface area contributed by atoms with Gasteiger partial charge < -0.3 is 9.64 Å². The minimum absolute atomic E-state index is 0.142. The largest absolute Gasteiger partial charge is 0.383 e. The van der Waals surface area contributed by atoms with Crippen LogP contribution in [0.3, 0.4) is 0 Å². The minimum Gasteiger partial charge on any atom is -0.383 e. The number of carbonyl (C=O) groups is 2. The van der Waals surface area contributed by atoms with Crippen molar-refractivity contribution >= 4 is 28.8 Å². The molecule has 0 saturated heterocycles. The maximum atomic E-state index is 13.2. The summed E-state index contributed by atoms with van der Waals surface area (Å²) in [4.78, 5) is 27.2. The highest BCUT2D eigenvalue weighted by molar-refractivity contribution is 6.40. The molecule has 0 spiro atoms. The third-order valence-electron chi connectivity index (χ3n) is 6.14. The van der Waals surface area contributed by atoms with Crippen LogP contribution in [-0.2, 0) is 19.7 Å². The lowest BCUT2D eigenvalue weighted by Gasteiger charge is -2.26. The summed E-state index contributed by atoms with van der Waals surface area (Å²) in [6.07, 6.45) is 5.85. The quantitative estimate of drug-likeness (QED) is 0.568.